The van der Waals surface area contributed by atoms with E-state index in [0.29, 0.717) is 115 Å². The summed E-state index contributed by atoms with van der Waals surface area (Å²) in [5.74, 6) is 6.92. The lowest BCUT2D eigenvalue weighted by Gasteiger charge is -2.21. The number of H-pyrrole nitrogens is 1. The molecule has 0 unspecified atom stereocenters. The summed E-state index contributed by atoms with van der Waals surface area (Å²) in [5, 5.41) is 27.2. The highest BCUT2D eigenvalue weighted by atomic mass is 16.5. The van der Waals surface area contributed by atoms with E-state index in [0.717, 1.165) is 204 Å². The summed E-state index contributed by atoms with van der Waals surface area (Å²) in [6.07, 6.45) is 13.3. The van der Waals surface area contributed by atoms with Gasteiger partial charge in [-0.05, 0) is 105 Å². The number of phenolic OH excluding ortho intramolecular Hbond substituents is 1. The highest BCUT2D eigenvalue weighted by Gasteiger charge is 2.40. The SMILES string of the molecule is CCCCOc1c2c(c(C)c3ccccc13)C(=Nc1[nH]cc3c(OCCCC)c4ccccc4c(C)c13)N=C2N=C1NC(=NC2=NCc3c2c(OCCCC)c2ccccc2c3OCCCC)c2c1c(OCCCC)c1ccccc1c2OCCCC.Cc1ccc(Nc2ccc(O)c3c2C(=O)c2ccccc2C3=O)cc1.N. The first-order valence-electron chi connectivity index (χ1n) is 40.0. The molecule has 16 rings (SSSR count). The molecule has 3 aliphatic heterocycles. The molecule has 0 saturated heterocycles. The summed E-state index contributed by atoms with van der Waals surface area (Å²) in [4.78, 5) is 57.3. The van der Waals surface area contributed by atoms with Crippen molar-refractivity contribution >= 4 is 112 Å². The number of aromatic nitrogens is 1. The molecule has 4 heterocycles. The van der Waals surface area contributed by atoms with E-state index in [9.17, 15) is 14.7 Å². The minimum absolute atomic E-state index is 0. The molecule has 4 aliphatic rings. The van der Waals surface area contributed by atoms with Gasteiger partial charge in [0.05, 0.1) is 85.3 Å². The summed E-state index contributed by atoms with van der Waals surface area (Å²) < 4.78 is 41.5. The Morgan fingerprint density at radius 3 is 1.35 bits per heavy atom. The van der Waals surface area contributed by atoms with Gasteiger partial charge in [-0.2, -0.15) is 0 Å². The number of rotatable bonds is 27. The fourth-order valence-electron chi connectivity index (χ4n) is 15.4. The van der Waals surface area contributed by atoms with Crippen molar-refractivity contribution < 1.29 is 43.1 Å². The number of ether oxygens (including phenoxy) is 6. The molecular formula is C95H99N9O9. The van der Waals surface area contributed by atoms with Gasteiger partial charge in [0.1, 0.15) is 57.7 Å². The number of fused-ring (bicyclic) bond motifs is 10. The van der Waals surface area contributed by atoms with E-state index in [1.807, 2.05) is 37.4 Å². The molecule has 0 atom stereocenters. The van der Waals surface area contributed by atoms with E-state index < -0.39 is 0 Å². The molecule has 0 fully saturated rings. The van der Waals surface area contributed by atoms with Crippen LogP contribution in [0.3, 0.4) is 0 Å². The van der Waals surface area contributed by atoms with Crippen molar-refractivity contribution in [3.05, 3.63) is 236 Å². The number of ketones is 2. The van der Waals surface area contributed by atoms with Crippen molar-refractivity contribution in [1.82, 2.24) is 16.5 Å². The second kappa shape index (κ2) is 34.6. The predicted molar refractivity (Wildman–Crippen MR) is 460 cm³/mol. The molecule has 113 heavy (non-hydrogen) atoms. The van der Waals surface area contributed by atoms with E-state index in [-0.39, 0.29) is 34.6 Å². The Hall–Kier alpha value is -12.2. The number of anilines is 2. The molecule has 1 aliphatic carbocycles. The number of phenols is 1. The standard InChI is InChI=1S/C74H81N7O6.C21H15NO3.H3N/c1-9-15-37-82-63-49-31-23-21-29-47(49)45(7)57-55(63)43-75-69(57)77-71-58-46(8)48-30-22-24-32-50(48)66(85-40-18-12-4)60(58)72(79-71)80-74-62-61(67(86-41-19-13-5)53-35-27-28-36-54(53)68(62)87-42-20-14-6)73(81-74)78-70-59-56(44-76-70)64(83-38-16-10-2)51-33-25-26-34-52(51)65(59)84-39-17-11-3;1-12-6-8-13(9-7-12)22-16-10-11-17(23)19-18(16)20(24)14-4-2-3-5-15(14)21(19)25;/h21-36,43,75H,9-20,37-42,44H2,1-8H3,(H,76,77,78,79,80,81);2-11,22-23H,1H3;1H3. The normalized spacial score (nSPS) is 14.2. The molecule has 0 saturated carbocycles. The van der Waals surface area contributed by atoms with E-state index in [4.69, 9.17) is 53.4 Å². The quantitative estimate of drug-likeness (QED) is 0.0238. The number of nitrogens with zero attached hydrogens (tertiary/aromatic N) is 5. The summed E-state index contributed by atoms with van der Waals surface area (Å²) in [6.45, 7) is 23.0. The number of hydrogen-bond acceptors (Lipinski definition) is 15. The largest absolute Gasteiger partial charge is 0.507 e. The number of nitrogens with one attached hydrogen (secondary N) is 3. The fraction of sp³-hybridized carbons (Fsp3) is 0.295. The first-order chi connectivity index (χ1) is 54.9. The van der Waals surface area contributed by atoms with Crippen molar-refractivity contribution in [2.75, 3.05) is 45.0 Å². The molecule has 11 aromatic carbocycles. The van der Waals surface area contributed by atoms with Crippen molar-refractivity contribution in [3.63, 3.8) is 0 Å². The lowest BCUT2D eigenvalue weighted by Crippen LogP contribution is -2.25. The number of carbonyl (C=O) groups excluding carboxylic acids is 2. The number of aromatic hydroxyl groups is 1. The molecule has 18 nitrogen and oxygen atoms in total. The smallest absolute Gasteiger partial charge is 0.198 e. The topological polar surface area (TPSA) is 246 Å². The average Bonchev–Trinajstić information content (AvgIpc) is 1.69. The van der Waals surface area contributed by atoms with Crippen LogP contribution in [0.1, 0.15) is 201 Å². The van der Waals surface area contributed by atoms with E-state index >= 15 is 0 Å². The number of amidine groups is 5. The first kappa shape index (κ1) is 77.6. The second-order valence-corrected chi connectivity index (χ2v) is 29.0. The van der Waals surface area contributed by atoms with Crippen molar-refractivity contribution in [2.24, 2.45) is 25.0 Å². The first-order valence-corrected chi connectivity index (χ1v) is 40.0. The highest BCUT2D eigenvalue weighted by Crippen LogP contribution is 2.50. The molecule has 0 radical (unpaired) electrons. The van der Waals surface area contributed by atoms with E-state index in [2.05, 4.69) is 168 Å². The Labute approximate surface area is 660 Å². The van der Waals surface area contributed by atoms with Crippen LogP contribution < -0.4 is 45.2 Å². The Morgan fingerprint density at radius 1 is 0.416 bits per heavy atom. The molecular weight excluding hydrogens is 1410 g/mol. The fourth-order valence-corrected chi connectivity index (χ4v) is 15.4. The third kappa shape index (κ3) is 14.8. The molecule has 12 aromatic rings. The van der Waals surface area contributed by atoms with Gasteiger partial charge in [-0.1, -0.05) is 219 Å². The number of aliphatic imine (C=N–C) groups is 5. The van der Waals surface area contributed by atoms with Crippen LogP contribution in [0.2, 0.25) is 0 Å². The maximum atomic E-state index is 13.0. The van der Waals surface area contributed by atoms with Crippen molar-refractivity contribution in [3.8, 4) is 40.2 Å². The van der Waals surface area contributed by atoms with Crippen LogP contribution in [0.5, 0.6) is 40.2 Å². The van der Waals surface area contributed by atoms with Gasteiger partial charge in [0.25, 0.3) is 0 Å². The molecule has 0 amide bonds. The van der Waals surface area contributed by atoms with Gasteiger partial charge >= 0.3 is 0 Å². The third-order valence-corrected chi connectivity index (χ3v) is 21.3. The van der Waals surface area contributed by atoms with Crippen molar-refractivity contribution in [1.29, 1.82) is 0 Å². The number of carbonyl (C=O) groups is 2. The maximum absolute atomic E-state index is 13.0. The van der Waals surface area contributed by atoms with Crippen LogP contribution in [0, 0.1) is 20.8 Å². The van der Waals surface area contributed by atoms with Gasteiger partial charge < -0.3 is 55.3 Å². The summed E-state index contributed by atoms with van der Waals surface area (Å²) >= 11 is 0. The minimum Gasteiger partial charge on any atom is -0.507 e. The second-order valence-electron chi connectivity index (χ2n) is 29.0. The molecule has 7 N–H and O–H groups in total. The minimum atomic E-state index is -0.338. The number of benzene rings is 11. The lowest BCUT2D eigenvalue weighted by molar-refractivity contribution is 0.0977. The van der Waals surface area contributed by atoms with Gasteiger partial charge in [0.15, 0.2) is 29.1 Å². The lowest BCUT2D eigenvalue weighted by atomic mass is 9.82. The summed E-state index contributed by atoms with van der Waals surface area (Å²) in [7, 11) is 0. The van der Waals surface area contributed by atoms with Crippen LogP contribution in [0.15, 0.2) is 189 Å². The maximum Gasteiger partial charge on any atom is 0.198 e. The number of aromatic amines is 1. The van der Waals surface area contributed by atoms with Gasteiger partial charge in [-0.15, -0.1) is 0 Å². The number of aryl methyl sites for hydroxylation is 3. The molecule has 18 heteroatoms. The van der Waals surface area contributed by atoms with Crippen LogP contribution in [0.4, 0.5) is 17.2 Å². The summed E-state index contributed by atoms with van der Waals surface area (Å²) in [5.41, 5.74) is 10.4. The monoisotopic (exact) mass is 1510 g/mol. The highest BCUT2D eigenvalue weighted by molar-refractivity contribution is 6.37. The zero-order chi connectivity index (χ0) is 77.5. The van der Waals surface area contributed by atoms with Crippen LogP contribution >= 0.6 is 0 Å². The zero-order valence-corrected chi connectivity index (χ0v) is 66.2. The van der Waals surface area contributed by atoms with E-state index in [1.54, 1.807) is 30.3 Å². The molecule has 0 spiro atoms. The predicted octanol–water partition coefficient (Wildman–Crippen LogP) is 22.4. The summed E-state index contributed by atoms with van der Waals surface area (Å²) in [6, 6.07) is 51.1. The van der Waals surface area contributed by atoms with E-state index in [1.165, 1.54) is 6.07 Å². The van der Waals surface area contributed by atoms with Gasteiger partial charge in [-0.25, -0.2) is 20.0 Å². The van der Waals surface area contributed by atoms with Crippen LogP contribution in [-0.2, 0) is 6.54 Å². The Bertz CT molecular complexity index is 5830. The van der Waals surface area contributed by atoms with Gasteiger partial charge in [-0.3, -0.25) is 14.6 Å². The van der Waals surface area contributed by atoms with Crippen LogP contribution in [0.25, 0.3) is 53.9 Å². The Balaban J connectivity index is 0.000000343. The molecule has 1 aromatic heterocycles. The third-order valence-electron chi connectivity index (χ3n) is 21.3. The number of unbranched alkanes of at least 4 members (excludes halogenated alkanes) is 6. The average molecular weight is 1510 g/mol. The van der Waals surface area contributed by atoms with Crippen molar-refractivity contribution in [2.45, 2.75) is 146 Å². The Morgan fingerprint density at radius 2 is 0.832 bits per heavy atom. The Kier molecular flexibility index (Phi) is 23.8. The molecule has 0 bridgehead atoms. The molecule has 578 valence electrons. The zero-order valence-electron chi connectivity index (χ0n) is 66.2. The number of hydrogen-bond donors (Lipinski definition) is 5. The van der Waals surface area contributed by atoms with Crippen LogP contribution in [-0.4, -0.2) is 90.5 Å². The van der Waals surface area contributed by atoms with Gasteiger partial charge in [0, 0.05) is 77.2 Å². The van der Waals surface area contributed by atoms with Gasteiger partial charge in [0.2, 0.25) is 0 Å².